The summed E-state index contributed by atoms with van der Waals surface area (Å²) in [5, 5.41) is 90.2. The van der Waals surface area contributed by atoms with E-state index in [0.29, 0.717) is 66.0 Å². The molecule has 33 rings (SSSR count). The second-order valence-corrected chi connectivity index (χ2v) is 30.8. The number of hydrogen-bond acceptors (Lipinski definition) is 8. The fourth-order valence-electron chi connectivity index (χ4n) is 27.1. The lowest BCUT2D eigenvalue weighted by molar-refractivity contribution is -0.00177. The lowest BCUT2D eigenvalue weighted by Crippen LogP contribution is -2.56. The third-order valence-corrected chi connectivity index (χ3v) is 27.8. The van der Waals surface area contributed by atoms with Gasteiger partial charge in [0.2, 0.25) is 0 Å². The topological polar surface area (TPSA) is 87.7 Å². The molecule has 4 aliphatic carbocycles. The maximum Gasteiger partial charge on any atom is 0.407 e. The van der Waals surface area contributed by atoms with Gasteiger partial charge in [0.25, 0.3) is 0 Å². The zero-order chi connectivity index (χ0) is 55.2. The molecule has 1 N–H and O–H groups in total. The van der Waals surface area contributed by atoms with Crippen molar-refractivity contribution >= 4 is 297 Å². The van der Waals surface area contributed by atoms with Crippen molar-refractivity contribution in [3.8, 4) is 0 Å². The van der Waals surface area contributed by atoms with Crippen molar-refractivity contribution in [1.82, 2.24) is 10.2 Å². The first kappa shape index (κ1) is 40.1. The van der Waals surface area contributed by atoms with Crippen LogP contribution in [-0.4, -0.2) is 109 Å². The second kappa shape index (κ2) is 10.5. The van der Waals surface area contributed by atoms with Crippen LogP contribution in [0.1, 0.15) is 43.0 Å². The van der Waals surface area contributed by atoms with E-state index in [0.717, 1.165) is 13.1 Å². The molecule has 28 aromatic rings. The van der Waals surface area contributed by atoms with E-state index >= 15 is 0 Å². The summed E-state index contributed by atoms with van der Waals surface area (Å²) in [5.74, 6) is 0. The molecular formula is C79H38N2O7. The van der Waals surface area contributed by atoms with E-state index in [2.05, 4.69) is 10.2 Å². The number of nitrogens with zero attached hydrogens (tertiary/aromatic N) is 1. The molecule has 1 aliphatic heterocycles. The van der Waals surface area contributed by atoms with Crippen molar-refractivity contribution < 1.29 is 33.2 Å². The second-order valence-electron chi connectivity index (χ2n) is 30.8. The number of amides is 1. The van der Waals surface area contributed by atoms with Crippen molar-refractivity contribution in [2.45, 2.75) is 43.2 Å². The summed E-state index contributed by atoms with van der Waals surface area (Å²) in [6, 6.07) is -0.0130. The summed E-state index contributed by atoms with van der Waals surface area (Å²) in [6.07, 6.45) is -0.423. The molecule has 406 valence electrons. The molecule has 1 fully saturated rings. The van der Waals surface area contributed by atoms with Gasteiger partial charge in [-0.05, 0) is 334 Å². The Morgan fingerprint density at radius 1 is 0.364 bits per heavy atom. The number of alkyl carbamates (subject to hydrolysis) is 1. The van der Waals surface area contributed by atoms with Gasteiger partial charge < -0.3 is 33.7 Å². The molecule has 1 heterocycles. The summed E-state index contributed by atoms with van der Waals surface area (Å²) < 4.78 is 37.4. The van der Waals surface area contributed by atoms with Gasteiger partial charge >= 0.3 is 6.09 Å². The molecule has 9 nitrogen and oxygen atoms in total. The maximum atomic E-state index is 12.4. The van der Waals surface area contributed by atoms with Gasteiger partial charge in [-0.1, -0.05) is 0 Å². The summed E-state index contributed by atoms with van der Waals surface area (Å²) in [6.45, 7) is 12.3. The van der Waals surface area contributed by atoms with Crippen LogP contribution in [0.5, 0.6) is 0 Å². The predicted octanol–water partition coefficient (Wildman–Crippen LogP) is 17.2. The Morgan fingerprint density at radius 2 is 0.625 bits per heavy atom. The van der Waals surface area contributed by atoms with E-state index < -0.39 is 22.5 Å². The standard InChI is InChI=1S/C79H38N2O7/c1-77(2,3)88-76(82)80-5-7-84-11-12-85-8-6-81-16-78-72-64-56-46-36-28-20-18-19-22-26-24(20)32-40-34(26)44-38-30(22)31-23(19)27-25-21(18)29(28)37-43-33(25)41-35(27)45-39(31)49-48(38)60-54(44)62-52(40)58(50(56)42(32)36)66(72)68(62)74-70(60)71-61(49)55(45)63-53(41)59-51(43)57(47(37)46)65(64)73(78)67(59)69(63)75(71)79(74,78)17(81)15-87-14-13-86-10-9-83-4/h17H,5-16H2,1-4H3,(H,80,82). The van der Waals surface area contributed by atoms with Crippen molar-refractivity contribution in [3.05, 3.63) is 22.3 Å². The van der Waals surface area contributed by atoms with Gasteiger partial charge in [-0.2, -0.15) is 0 Å². The first-order valence-electron chi connectivity index (χ1n) is 32.7. The molecule has 1 unspecified atom stereocenters. The smallest absolute Gasteiger partial charge is 0.407 e. The van der Waals surface area contributed by atoms with Crippen molar-refractivity contribution in [1.29, 1.82) is 0 Å². The van der Waals surface area contributed by atoms with Crippen LogP contribution < -0.4 is 5.32 Å². The van der Waals surface area contributed by atoms with Crippen LogP contribution in [0.4, 0.5) is 4.79 Å². The third-order valence-electron chi connectivity index (χ3n) is 27.8. The minimum atomic E-state index is -0.552. The predicted molar refractivity (Wildman–Crippen MR) is 359 cm³/mol. The number of hydrogen-bond donors (Lipinski definition) is 1. The highest BCUT2D eigenvalue weighted by molar-refractivity contribution is 6.82. The summed E-state index contributed by atoms with van der Waals surface area (Å²) in [5.41, 5.74) is 5.28. The number of likely N-dealkylation sites (tertiary alicyclic amines) is 1. The van der Waals surface area contributed by atoms with Crippen LogP contribution in [-0.2, 0) is 39.3 Å². The molecule has 1 atom stereocenters. The van der Waals surface area contributed by atoms with E-state index in [1.165, 1.54) is 0 Å². The number of nitrogens with one attached hydrogen (secondary N) is 1. The van der Waals surface area contributed by atoms with Gasteiger partial charge in [0.05, 0.1) is 70.3 Å². The lowest BCUT2D eigenvalue weighted by Gasteiger charge is -2.52. The average Bonchev–Trinajstić information content (AvgIpc) is 1.38. The molecule has 0 aromatic heterocycles. The van der Waals surface area contributed by atoms with E-state index in [1.54, 1.807) is 320 Å². The zero-order valence-corrected chi connectivity index (χ0v) is 47.9. The number of rotatable bonds is 17. The molecule has 9 heteroatoms. The summed E-state index contributed by atoms with van der Waals surface area (Å²) in [4.78, 5) is 15.4. The Kier molecular flexibility index (Phi) is 4.80. The molecule has 0 saturated carbocycles. The highest BCUT2D eigenvalue weighted by Gasteiger charge is 2.76. The van der Waals surface area contributed by atoms with Crippen LogP contribution in [0.15, 0.2) is 0 Å². The Morgan fingerprint density at radius 3 is 0.932 bits per heavy atom. The molecule has 5 aliphatic rings. The number of carbonyl (C=O) groups excluding carboxylic acids is 1. The SMILES string of the molecule is COCCOCCOCC1N(CCOCCOCCNC(=O)OC(C)(C)C)CC23c4c5c6c7c8c9c(c%10c%11c2c2c4c4c%12c5c5c6c6c8c8c%13c9c9c%10c%10c%11c%11c2c2c4c4c%12c%12c5c5c6c8c6c8c%13c9c9c%10c%10c%11c2c2c4c4c%12c5c6c5c8c9c%10c2c45)C713. The summed E-state index contributed by atoms with van der Waals surface area (Å²) in [7, 11) is 1.75. The lowest BCUT2D eigenvalue weighted by atomic mass is 9.48. The highest BCUT2D eigenvalue weighted by Crippen LogP contribution is 2.86. The Bertz CT molecular complexity index is 7460. The van der Waals surface area contributed by atoms with Crippen molar-refractivity contribution in [3.63, 3.8) is 0 Å². The quantitative estimate of drug-likeness (QED) is 0.0713. The van der Waals surface area contributed by atoms with Crippen molar-refractivity contribution in [2.24, 2.45) is 0 Å². The Labute approximate surface area is 489 Å². The fraction of sp³-hybridized carbons (Fsp3) is 0.253. The largest absolute Gasteiger partial charge is 0.444 e. The molecule has 1 amide bonds. The molecular weight excluding hydrogens is 1090 g/mol. The van der Waals surface area contributed by atoms with Crippen LogP contribution in [0.3, 0.4) is 0 Å². The zero-order valence-electron chi connectivity index (χ0n) is 47.9. The van der Waals surface area contributed by atoms with Crippen LogP contribution in [0.2, 0.25) is 0 Å². The first-order valence-corrected chi connectivity index (χ1v) is 32.7. The van der Waals surface area contributed by atoms with Gasteiger partial charge in [-0.25, -0.2) is 4.79 Å². The van der Waals surface area contributed by atoms with Gasteiger partial charge in [-0.15, -0.1) is 0 Å². The number of carbonyl (C=O) groups is 1. The van der Waals surface area contributed by atoms with E-state index in [1.807, 2.05) is 20.8 Å². The monoisotopic (exact) mass is 1130 g/mol. The van der Waals surface area contributed by atoms with Gasteiger partial charge in [0.15, 0.2) is 0 Å². The Balaban J connectivity index is 0.794. The average molecular weight is 1130 g/mol. The number of benzene rings is 18. The minimum Gasteiger partial charge on any atom is -0.444 e. The third kappa shape index (κ3) is 2.76. The molecule has 0 bridgehead atoms. The fourth-order valence-corrected chi connectivity index (χ4v) is 27.1. The van der Waals surface area contributed by atoms with E-state index in [-0.39, 0.29) is 6.04 Å². The first-order chi connectivity index (χ1) is 43.4. The molecule has 28 aromatic carbocycles. The van der Waals surface area contributed by atoms with Crippen LogP contribution >= 0.6 is 0 Å². The van der Waals surface area contributed by atoms with Gasteiger partial charge in [-0.3, -0.25) is 4.90 Å². The normalized spacial score (nSPS) is 21.6. The summed E-state index contributed by atoms with van der Waals surface area (Å²) >= 11 is 0. The molecule has 1 saturated heterocycles. The number of ether oxygens (including phenoxy) is 6. The maximum absolute atomic E-state index is 12.4. The molecule has 0 radical (unpaired) electrons. The van der Waals surface area contributed by atoms with Crippen LogP contribution in [0.25, 0.3) is 291 Å². The van der Waals surface area contributed by atoms with Crippen molar-refractivity contribution in [2.75, 3.05) is 86.2 Å². The Hall–Kier alpha value is -8.51. The molecule has 2 spiro atoms. The highest BCUT2D eigenvalue weighted by atomic mass is 16.6. The van der Waals surface area contributed by atoms with Gasteiger partial charge in [0.1, 0.15) is 5.60 Å². The van der Waals surface area contributed by atoms with E-state index in [4.69, 9.17) is 28.4 Å². The van der Waals surface area contributed by atoms with Crippen LogP contribution in [0, 0.1) is 0 Å². The molecule has 88 heavy (non-hydrogen) atoms. The van der Waals surface area contributed by atoms with Gasteiger partial charge in [0, 0.05) is 32.8 Å². The van der Waals surface area contributed by atoms with E-state index in [9.17, 15) is 4.79 Å². The number of methoxy groups -OCH3 is 1. The minimum absolute atomic E-state index is 0.0130.